The van der Waals surface area contributed by atoms with Crippen molar-refractivity contribution in [1.29, 1.82) is 0 Å². The Kier molecular flexibility index (Phi) is 5.69. The van der Waals surface area contributed by atoms with Crippen LogP contribution in [0.4, 0.5) is 0 Å². The molecule has 4 rings (SSSR count). The van der Waals surface area contributed by atoms with Crippen LogP contribution in [0.25, 0.3) is 11.1 Å². The van der Waals surface area contributed by atoms with Crippen molar-refractivity contribution < 1.29 is 9.53 Å². The van der Waals surface area contributed by atoms with Crippen LogP contribution in [-0.4, -0.2) is 45.3 Å². The lowest BCUT2D eigenvalue weighted by Crippen LogP contribution is -2.38. The molecule has 1 fully saturated rings. The minimum atomic E-state index is -0.425. The first-order valence-corrected chi connectivity index (χ1v) is 9.84. The molecule has 0 aliphatic carbocycles. The maximum absolute atomic E-state index is 11.2. The smallest absolute Gasteiger partial charge is 0.248 e. The van der Waals surface area contributed by atoms with Gasteiger partial charge in [0.25, 0.3) is 0 Å². The number of benzene rings is 1. The lowest BCUT2D eigenvalue weighted by atomic mass is 10.0. The summed E-state index contributed by atoms with van der Waals surface area (Å²) in [6.45, 7) is 6.22. The van der Waals surface area contributed by atoms with Gasteiger partial charge in [-0.3, -0.25) is 19.4 Å². The predicted octanol–water partition coefficient (Wildman–Crippen LogP) is 2.64. The molecule has 150 valence electrons. The second kappa shape index (κ2) is 8.55. The number of carbonyl (C=O) groups is 1. The summed E-state index contributed by atoms with van der Waals surface area (Å²) in [7, 11) is 0. The SMILES string of the molecule is CCn1cc(CN2CCO[C@@H](c3ccc(-c4ccc(C(N)=O)cc4)cn3)C2)cn1. The fraction of sp³-hybridized carbons (Fsp3) is 0.318. The van der Waals surface area contributed by atoms with Crippen molar-refractivity contribution in [3.63, 3.8) is 0 Å². The molecule has 0 spiro atoms. The van der Waals surface area contributed by atoms with Crippen molar-refractivity contribution in [3.05, 3.63) is 71.8 Å². The van der Waals surface area contributed by atoms with Crippen LogP contribution in [0.2, 0.25) is 0 Å². The number of nitrogens with zero attached hydrogens (tertiary/aromatic N) is 4. The van der Waals surface area contributed by atoms with Crippen LogP contribution < -0.4 is 5.73 Å². The number of hydrogen-bond acceptors (Lipinski definition) is 5. The molecule has 1 saturated heterocycles. The molecule has 0 bridgehead atoms. The number of carbonyl (C=O) groups excluding carboxylic acids is 1. The van der Waals surface area contributed by atoms with Gasteiger partial charge in [0.1, 0.15) is 6.10 Å². The Bertz CT molecular complexity index is 966. The van der Waals surface area contributed by atoms with E-state index in [1.807, 2.05) is 41.3 Å². The molecule has 2 N–H and O–H groups in total. The molecule has 0 unspecified atom stereocenters. The van der Waals surface area contributed by atoms with Gasteiger partial charge in [0.2, 0.25) is 5.91 Å². The topological polar surface area (TPSA) is 86.3 Å². The summed E-state index contributed by atoms with van der Waals surface area (Å²) >= 11 is 0. The van der Waals surface area contributed by atoms with E-state index in [0.717, 1.165) is 43.0 Å². The van der Waals surface area contributed by atoms with Crippen molar-refractivity contribution in [2.24, 2.45) is 5.73 Å². The Labute approximate surface area is 170 Å². The van der Waals surface area contributed by atoms with Crippen molar-refractivity contribution in [2.75, 3.05) is 19.7 Å². The van der Waals surface area contributed by atoms with Crippen molar-refractivity contribution in [3.8, 4) is 11.1 Å². The van der Waals surface area contributed by atoms with Gasteiger partial charge in [0.05, 0.1) is 18.5 Å². The molecule has 1 atom stereocenters. The van der Waals surface area contributed by atoms with E-state index in [4.69, 9.17) is 10.5 Å². The van der Waals surface area contributed by atoms with Crippen LogP contribution in [0.5, 0.6) is 0 Å². The van der Waals surface area contributed by atoms with E-state index in [1.54, 1.807) is 12.1 Å². The van der Waals surface area contributed by atoms with E-state index in [0.29, 0.717) is 12.2 Å². The first kappa shape index (κ1) is 19.3. The number of primary amides is 1. The second-order valence-corrected chi connectivity index (χ2v) is 7.21. The maximum atomic E-state index is 11.2. The lowest BCUT2D eigenvalue weighted by molar-refractivity contribution is -0.0349. The average Bonchev–Trinajstić information content (AvgIpc) is 3.22. The summed E-state index contributed by atoms with van der Waals surface area (Å²) in [6, 6.07) is 11.3. The molecule has 29 heavy (non-hydrogen) atoms. The minimum Gasteiger partial charge on any atom is -0.369 e. The quantitative estimate of drug-likeness (QED) is 0.698. The van der Waals surface area contributed by atoms with Gasteiger partial charge in [-0.25, -0.2) is 0 Å². The second-order valence-electron chi connectivity index (χ2n) is 7.21. The Hall–Kier alpha value is -3.03. The summed E-state index contributed by atoms with van der Waals surface area (Å²) in [6.07, 6.45) is 5.84. The number of aromatic nitrogens is 3. The van der Waals surface area contributed by atoms with Crippen LogP contribution in [0.3, 0.4) is 0 Å². The Morgan fingerprint density at radius 3 is 2.62 bits per heavy atom. The molecule has 1 amide bonds. The third-order valence-electron chi connectivity index (χ3n) is 5.19. The number of amides is 1. The Morgan fingerprint density at radius 1 is 1.17 bits per heavy atom. The summed E-state index contributed by atoms with van der Waals surface area (Å²) < 4.78 is 7.92. The molecule has 7 heteroatoms. The maximum Gasteiger partial charge on any atom is 0.248 e. The molecule has 2 aromatic heterocycles. The number of nitrogens with two attached hydrogens (primary N) is 1. The predicted molar refractivity (Wildman–Crippen MR) is 110 cm³/mol. The highest BCUT2D eigenvalue weighted by atomic mass is 16.5. The largest absolute Gasteiger partial charge is 0.369 e. The zero-order valence-electron chi connectivity index (χ0n) is 16.5. The van der Waals surface area contributed by atoms with Gasteiger partial charge in [0, 0.05) is 55.3 Å². The standard InChI is InChI=1S/C22H25N5O2/c1-2-27-14-16(11-25-27)13-26-9-10-29-21(15-26)20-8-7-19(12-24-20)17-3-5-18(6-4-17)22(23)28/h3-8,11-12,14,21H,2,9-10,13,15H2,1H3,(H2,23,28)/t21-/m1/s1. The van der Waals surface area contributed by atoms with Crippen LogP contribution in [0.1, 0.15) is 34.6 Å². The fourth-order valence-electron chi connectivity index (χ4n) is 3.54. The molecule has 0 radical (unpaired) electrons. The van der Waals surface area contributed by atoms with Gasteiger partial charge in [-0.2, -0.15) is 5.10 Å². The highest BCUT2D eigenvalue weighted by Crippen LogP contribution is 2.25. The molecular formula is C22H25N5O2. The molecule has 3 heterocycles. The van der Waals surface area contributed by atoms with Crippen LogP contribution in [0.15, 0.2) is 55.0 Å². The first-order chi connectivity index (χ1) is 14.1. The third-order valence-corrected chi connectivity index (χ3v) is 5.19. The van der Waals surface area contributed by atoms with Crippen molar-refractivity contribution in [2.45, 2.75) is 26.1 Å². The molecule has 0 saturated carbocycles. The number of aryl methyl sites for hydroxylation is 1. The zero-order valence-corrected chi connectivity index (χ0v) is 16.5. The third kappa shape index (κ3) is 4.52. The van der Waals surface area contributed by atoms with Crippen molar-refractivity contribution >= 4 is 5.91 Å². The highest BCUT2D eigenvalue weighted by molar-refractivity contribution is 5.93. The Morgan fingerprint density at radius 2 is 1.97 bits per heavy atom. The van der Waals surface area contributed by atoms with E-state index >= 15 is 0 Å². The number of ether oxygens (including phenoxy) is 1. The molecule has 1 aliphatic rings. The Balaban J connectivity index is 1.42. The molecule has 7 nitrogen and oxygen atoms in total. The normalized spacial score (nSPS) is 17.3. The molecule has 1 aromatic carbocycles. The van der Waals surface area contributed by atoms with Gasteiger partial charge in [-0.05, 0) is 30.7 Å². The highest BCUT2D eigenvalue weighted by Gasteiger charge is 2.23. The summed E-state index contributed by atoms with van der Waals surface area (Å²) in [5.74, 6) is -0.425. The molecule has 3 aromatic rings. The van der Waals surface area contributed by atoms with E-state index in [-0.39, 0.29) is 6.10 Å². The van der Waals surface area contributed by atoms with E-state index in [1.165, 1.54) is 5.56 Å². The van der Waals surface area contributed by atoms with Crippen molar-refractivity contribution in [1.82, 2.24) is 19.7 Å². The number of rotatable bonds is 6. The number of morpholine rings is 1. The van der Waals surface area contributed by atoms with Crippen LogP contribution in [0, 0.1) is 0 Å². The summed E-state index contributed by atoms with van der Waals surface area (Å²) in [4.78, 5) is 18.2. The number of hydrogen-bond donors (Lipinski definition) is 1. The van der Waals surface area contributed by atoms with Crippen LogP contribution in [-0.2, 0) is 17.8 Å². The average molecular weight is 391 g/mol. The fourth-order valence-corrected chi connectivity index (χ4v) is 3.54. The molecule has 1 aliphatic heterocycles. The number of pyridine rings is 1. The van der Waals surface area contributed by atoms with Gasteiger partial charge < -0.3 is 10.5 Å². The van der Waals surface area contributed by atoms with E-state index < -0.39 is 5.91 Å². The lowest BCUT2D eigenvalue weighted by Gasteiger charge is -2.32. The zero-order chi connectivity index (χ0) is 20.2. The van der Waals surface area contributed by atoms with Gasteiger partial charge in [-0.1, -0.05) is 18.2 Å². The van der Waals surface area contributed by atoms with Gasteiger partial charge in [0.15, 0.2) is 0 Å². The van der Waals surface area contributed by atoms with Crippen LogP contribution >= 0.6 is 0 Å². The summed E-state index contributed by atoms with van der Waals surface area (Å²) in [5.41, 5.74) is 9.93. The van der Waals surface area contributed by atoms with Gasteiger partial charge in [-0.15, -0.1) is 0 Å². The molecular weight excluding hydrogens is 366 g/mol. The summed E-state index contributed by atoms with van der Waals surface area (Å²) in [5, 5.41) is 4.35. The minimum absolute atomic E-state index is 0.0451. The first-order valence-electron chi connectivity index (χ1n) is 9.84. The monoisotopic (exact) mass is 391 g/mol. The van der Waals surface area contributed by atoms with E-state index in [9.17, 15) is 4.79 Å². The van der Waals surface area contributed by atoms with E-state index in [2.05, 4.69) is 28.1 Å². The van der Waals surface area contributed by atoms with Gasteiger partial charge >= 0.3 is 0 Å².